The number of aromatic nitrogens is 1. The Hall–Kier alpha value is -2.12. The lowest BCUT2D eigenvalue weighted by Crippen LogP contribution is -2.58. The quantitative estimate of drug-likeness (QED) is 0.927. The van der Waals surface area contributed by atoms with E-state index in [4.69, 9.17) is 0 Å². The van der Waals surface area contributed by atoms with Gasteiger partial charge in [0.1, 0.15) is 5.69 Å². The van der Waals surface area contributed by atoms with Gasteiger partial charge in [-0.15, -0.1) is 0 Å². The van der Waals surface area contributed by atoms with E-state index in [9.17, 15) is 22.8 Å². The summed E-state index contributed by atoms with van der Waals surface area (Å²) in [6.07, 6.45) is -1.98. The number of urea groups is 1. The van der Waals surface area contributed by atoms with E-state index >= 15 is 0 Å². The van der Waals surface area contributed by atoms with Crippen molar-refractivity contribution in [3.05, 3.63) is 29.6 Å². The second kappa shape index (κ2) is 5.82. The van der Waals surface area contributed by atoms with Gasteiger partial charge >= 0.3 is 12.2 Å². The van der Waals surface area contributed by atoms with Crippen LogP contribution in [0.1, 0.15) is 30.7 Å². The number of hydrogen-bond acceptors (Lipinski definition) is 3. The standard InChI is InChI=1S/C15H16F3N3O2/c16-15(17,18)12-6-1-3-9(19-12)7-8-21-13(22)10-4-2-5-11(10)20-14(21)23/h1,3,6,10-11H,2,4-5,7-8H2,(H,20,23). The Morgan fingerprint density at radius 3 is 2.78 bits per heavy atom. The predicted octanol–water partition coefficient (Wildman–Crippen LogP) is 2.36. The molecule has 0 bridgehead atoms. The fourth-order valence-corrected chi connectivity index (χ4v) is 3.18. The summed E-state index contributed by atoms with van der Waals surface area (Å²) in [7, 11) is 0. The van der Waals surface area contributed by atoms with Crippen LogP contribution in [0.4, 0.5) is 18.0 Å². The van der Waals surface area contributed by atoms with Crippen molar-refractivity contribution in [2.75, 3.05) is 6.54 Å². The number of fused-ring (bicyclic) bond motifs is 1. The Morgan fingerprint density at radius 1 is 1.26 bits per heavy atom. The highest BCUT2D eigenvalue weighted by Crippen LogP contribution is 2.31. The van der Waals surface area contributed by atoms with Crippen molar-refractivity contribution in [3.63, 3.8) is 0 Å². The molecule has 5 nitrogen and oxygen atoms in total. The molecule has 3 amide bonds. The smallest absolute Gasteiger partial charge is 0.334 e. The molecular formula is C15H16F3N3O2. The normalized spacial score (nSPS) is 24.6. The third-order valence-corrected chi connectivity index (χ3v) is 4.34. The number of carbonyl (C=O) groups excluding carboxylic acids is 2. The fourth-order valence-electron chi connectivity index (χ4n) is 3.18. The third-order valence-electron chi connectivity index (χ3n) is 4.34. The van der Waals surface area contributed by atoms with Gasteiger partial charge < -0.3 is 5.32 Å². The van der Waals surface area contributed by atoms with Gasteiger partial charge in [-0.1, -0.05) is 12.5 Å². The van der Waals surface area contributed by atoms with Crippen LogP contribution in [-0.4, -0.2) is 34.4 Å². The number of nitrogens with one attached hydrogen (secondary N) is 1. The molecule has 0 aromatic carbocycles. The highest BCUT2D eigenvalue weighted by atomic mass is 19.4. The summed E-state index contributed by atoms with van der Waals surface area (Å²) in [5.74, 6) is -0.439. The number of hydrogen-bond donors (Lipinski definition) is 1. The number of amides is 3. The van der Waals surface area contributed by atoms with Gasteiger partial charge in [0.25, 0.3) is 0 Å². The average Bonchev–Trinajstić information content (AvgIpc) is 2.95. The first-order chi connectivity index (χ1) is 10.9. The van der Waals surface area contributed by atoms with Crippen LogP contribution >= 0.6 is 0 Å². The Morgan fingerprint density at radius 2 is 2.04 bits per heavy atom. The van der Waals surface area contributed by atoms with Crippen LogP contribution < -0.4 is 5.32 Å². The Bertz CT molecular complexity index is 633. The van der Waals surface area contributed by atoms with Crippen molar-refractivity contribution in [1.29, 1.82) is 0 Å². The largest absolute Gasteiger partial charge is 0.433 e. The lowest BCUT2D eigenvalue weighted by Gasteiger charge is -2.33. The van der Waals surface area contributed by atoms with Crippen molar-refractivity contribution in [2.45, 2.75) is 37.9 Å². The molecule has 2 heterocycles. The molecule has 1 aliphatic heterocycles. The number of halogens is 3. The van der Waals surface area contributed by atoms with Crippen LogP contribution in [-0.2, 0) is 17.4 Å². The zero-order valence-electron chi connectivity index (χ0n) is 12.3. The molecular weight excluding hydrogens is 311 g/mol. The second-order valence-corrected chi connectivity index (χ2v) is 5.85. The third kappa shape index (κ3) is 3.16. The number of rotatable bonds is 3. The molecule has 1 aromatic rings. The molecule has 2 atom stereocenters. The maximum atomic E-state index is 12.6. The molecule has 0 spiro atoms. The molecule has 1 aromatic heterocycles. The minimum Gasteiger partial charge on any atom is -0.334 e. The maximum absolute atomic E-state index is 12.6. The Balaban J connectivity index is 1.68. The van der Waals surface area contributed by atoms with Gasteiger partial charge in [-0.2, -0.15) is 13.2 Å². The molecule has 1 saturated carbocycles. The molecule has 2 unspecified atom stereocenters. The van der Waals surface area contributed by atoms with Crippen LogP contribution in [0.2, 0.25) is 0 Å². The van der Waals surface area contributed by atoms with Gasteiger partial charge in [0.2, 0.25) is 5.91 Å². The highest BCUT2D eigenvalue weighted by molar-refractivity contribution is 5.98. The van der Waals surface area contributed by atoms with E-state index in [0.29, 0.717) is 0 Å². The van der Waals surface area contributed by atoms with E-state index in [1.165, 1.54) is 12.1 Å². The number of nitrogens with zero attached hydrogens (tertiary/aromatic N) is 2. The number of imide groups is 1. The van der Waals surface area contributed by atoms with Crippen LogP contribution in [0, 0.1) is 5.92 Å². The van der Waals surface area contributed by atoms with Crippen molar-refractivity contribution in [2.24, 2.45) is 5.92 Å². The Kier molecular flexibility index (Phi) is 3.99. The van der Waals surface area contributed by atoms with Crippen LogP contribution in [0.3, 0.4) is 0 Å². The molecule has 8 heteroatoms. The first-order valence-corrected chi connectivity index (χ1v) is 7.51. The molecule has 0 radical (unpaired) electrons. The minimum absolute atomic E-state index is 0.0300. The van der Waals surface area contributed by atoms with E-state index in [1.807, 2.05) is 0 Å². The molecule has 124 valence electrons. The van der Waals surface area contributed by atoms with Crippen LogP contribution in [0.15, 0.2) is 18.2 Å². The zero-order chi connectivity index (χ0) is 16.6. The number of carbonyl (C=O) groups is 2. The molecule has 2 fully saturated rings. The van der Waals surface area contributed by atoms with E-state index in [2.05, 4.69) is 10.3 Å². The maximum Gasteiger partial charge on any atom is 0.433 e. The molecule has 1 saturated heterocycles. The summed E-state index contributed by atoms with van der Waals surface area (Å²) in [5, 5.41) is 2.80. The summed E-state index contributed by atoms with van der Waals surface area (Å²) in [5.41, 5.74) is -0.769. The monoisotopic (exact) mass is 327 g/mol. The average molecular weight is 327 g/mol. The molecule has 1 aliphatic carbocycles. The first-order valence-electron chi connectivity index (χ1n) is 7.51. The fraction of sp³-hybridized carbons (Fsp3) is 0.533. The van der Waals surface area contributed by atoms with Crippen molar-refractivity contribution >= 4 is 11.9 Å². The number of pyridine rings is 1. The second-order valence-electron chi connectivity index (χ2n) is 5.85. The molecule has 23 heavy (non-hydrogen) atoms. The van der Waals surface area contributed by atoms with Crippen molar-refractivity contribution < 1.29 is 22.8 Å². The summed E-state index contributed by atoms with van der Waals surface area (Å²) in [4.78, 5) is 29.0. The molecule has 1 N–H and O–H groups in total. The SMILES string of the molecule is O=C1NC2CCCC2C(=O)N1CCc1cccc(C(F)(F)F)n1. The lowest BCUT2D eigenvalue weighted by molar-refractivity contribution is -0.141. The molecule has 3 rings (SSSR count). The van der Waals surface area contributed by atoms with E-state index in [0.717, 1.165) is 30.2 Å². The number of alkyl halides is 3. The topological polar surface area (TPSA) is 62.3 Å². The van der Waals surface area contributed by atoms with Gasteiger partial charge in [-0.05, 0) is 25.0 Å². The first kappa shape index (κ1) is 15.8. The van der Waals surface area contributed by atoms with Crippen molar-refractivity contribution in [3.8, 4) is 0 Å². The summed E-state index contributed by atoms with van der Waals surface area (Å²) in [6.45, 7) is 0.0300. The van der Waals surface area contributed by atoms with Gasteiger partial charge in [-0.3, -0.25) is 9.69 Å². The minimum atomic E-state index is -4.51. The van der Waals surface area contributed by atoms with E-state index in [1.54, 1.807) is 0 Å². The zero-order valence-corrected chi connectivity index (χ0v) is 12.3. The highest BCUT2D eigenvalue weighted by Gasteiger charge is 2.43. The summed E-state index contributed by atoms with van der Waals surface area (Å²) in [6, 6.07) is 3.06. The van der Waals surface area contributed by atoms with Gasteiger partial charge in [0, 0.05) is 24.7 Å². The van der Waals surface area contributed by atoms with E-state index in [-0.39, 0.29) is 36.5 Å². The molecule has 2 aliphatic rings. The predicted molar refractivity (Wildman–Crippen MR) is 74.3 cm³/mol. The van der Waals surface area contributed by atoms with E-state index < -0.39 is 17.9 Å². The summed E-state index contributed by atoms with van der Waals surface area (Å²) >= 11 is 0. The van der Waals surface area contributed by atoms with Gasteiger partial charge in [-0.25, -0.2) is 9.78 Å². The summed E-state index contributed by atoms with van der Waals surface area (Å²) < 4.78 is 37.9. The Labute approximate surface area is 130 Å². The lowest BCUT2D eigenvalue weighted by atomic mass is 9.99. The van der Waals surface area contributed by atoms with Gasteiger partial charge in [0.15, 0.2) is 0 Å². The van der Waals surface area contributed by atoms with Gasteiger partial charge in [0.05, 0.1) is 5.92 Å². The van der Waals surface area contributed by atoms with Crippen LogP contribution in [0.5, 0.6) is 0 Å². The van der Waals surface area contributed by atoms with Crippen molar-refractivity contribution in [1.82, 2.24) is 15.2 Å². The van der Waals surface area contributed by atoms with Crippen LogP contribution in [0.25, 0.3) is 0 Å².